The molecule has 4 rings (SSSR count). The summed E-state index contributed by atoms with van der Waals surface area (Å²) in [6.07, 6.45) is 0. The molecule has 2 aliphatic rings. The predicted molar refractivity (Wildman–Crippen MR) is 91.3 cm³/mol. The van der Waals surface area contributed by atoms with E-state index in [0.717, 1.165) is 4.88 Å². The second-order valence-corrected chi connectivity index (χ2v) is 8.12. The Labute approximate surface area is 153 Å². The van der Waals surface area contributed by atoms with Crippen LogP contribution in [-0.4, -0.2) is 51.8 Å². The SMILES string of the molecule is CC1(C)[C@H](C(=O)O)[C@@H]1C(=O)N1CCOCC1c1nc(-c2cccs2)no1. The van der Waals surface area contributed by atoms with E-state index < -0.39 is 29.3 Å². The average molecular weight is 377 g/mol. The van der Waals surface area contributed by atoms with Crippen LogP contribution < -0.4 is 0 Å². The van der Waals surface area contributed by atoms with E-state index in [1.807, 2.05) is 31.4 Å². The Morgan fingerprint density at radius 3 is 2.85 bits per heavy atom. The molecule has 3 atom stereocenters. The summed E-state index contributed by atoms with van der Waals surface area (Å²) in [6.45, 7) is 4.65. The number of carboxylic acid groups (broad SMARTS) is 1. The van der Waals surface area contributed by atoms with E-state index in [9.17, 15) is 14.7 Å². The lowest BCUT2D eigenvalue weighted by molar-refractivity contribution is -0.146. The Kier molecular flexibility index (Phi) is 4.07. The number of amides is 1. The fourth-order valence-electron chi connectivity index (χ4n) is 3.69. The van der Waals surface area contributed by atoms with Gasteiger partial charge in [-0.3, -0.25) is 9.59 Å². The lowest BCUT2D eigenvalue weighted by Crippen LogP contribution is -2.45. The van der Waals surface area contributed by atoms with Crippen molar-refractivity contribution in [2.24, 2.45) is 17.3 Å². The van der Waals surface area contributed by atoms with E-state index in [2.05, 4.69) is 10.1 Å². The van der Waals surface area contributed by atoms with Crippen molar-refractivity contribution >= 4 is 23.2 Å². The van der Waals surface area contributed by atoms with Crippen LogP contribution in [0.15, 0.2) is 22.0 Å². The zero-order valence-electron chi connectivity index (χ0n) is 14.4. The van der Waals surface area contributed by atoms with Gasteiger partial charge in [0.15, 0.2) is 0 Å². The number of aliphatic carboxylic acids is 1. The summed E-state index contributed by atoms with van der Waals surface area (Å²) in [5.41, 5.74) is -0.553. The topological polar surface area (TPSA) is 106 Å². The molecule has 9 heteroatoms. The first-order chi connectivity index (χ1) is 12.4. The Morgan fingerprint density at radius 2 is 2.19 bits per heavy atom. The molecule has 3 heterocycles. The number of aromatic nitrogens is 2. The molecule has 1 unspecified atom stereocenters. The van der Waals surface area contributed by atoms with Gasteiger partial charge in [0.1, 0.15) is 6.04 Å². The molecule has 2 aromatic heterocycles. The summed E-state index contributed by atoms with van der Waals surface area (Å²) in [7, 11) is 0. The summed E-state index contributed by atoms with van der Waals surface area (Å²) in [6, 6.07) is 3.30. The van der Waals surface area contributed by atoms with Gasteiger partial charge < -0.3 is 19.3 Å². The first kappa shape index (κ1) is 17.2. The number of carboxylic acids is 1. The van der Waals surface area contributed by atoms with Gasteiger partial charge in [-0.15, -0.1) is 11.3 Å². The number of hydrogen-bond donors (Lipinski definition) is 1. The van der Waals surface area contributed by atoms with Crippen molar-refractivity contribution in [3.63, 3.8) is 0 Å². The number of morpholine rings is 1. The number of nitrogens with zero attached hydrogens (tertiary/aromatic N) is 3. The fraction of sp³-hybridized carbons (Fsp3) is 0.529. The first-order valence-corrected chi connectivity index (χ1v) is 9.27. The molecule has 1 saturated heterocycles. The Balaban J connectivity index is 1.58. The van der Waals surface area contributed by atoms with Crippen molar-refractivity contribution in [3.05, 3.63) is 23.4 Å². The standard InChI is InChI=1S/C17H19N3O5S/c1-17(2)11(12(17)16(22)23)15(21)20-5-6-24-8-9(20)14-18-13(19-25-14)10-4-3-7-26-10/h3-4,7,9,11-12H,5-6,8H2,1-2H3,(H,22,23)/t9?,11-,12+/m1/s1. The number of carbonyl (C=O) groups excluding carboxylic acids is 1. The van der Waals surface area contributed by atoms with Crippen molar-refractivity contribution in [1.82, 2.24) is 15.0 Å². The maximum Gasteiger partial charge on any atom is 0.307 e. The number of thiophene rings is 1. The van der Waals surface area contributed by atoms with E-state index in [1.54, 1.807) is 4.90 Å². The lowest BCUT2D eigenvalue weighted by Gasteiger charge is -2.33. The lowest BCUT2D eigenvalue weighted by atomic mass is 10.1. The van der Waals surface area contributed by atoms with Gasteiger partial charge in [0, 0.05) is 6.54 Å². The Morgan fingerprint density at radius 1 is 1.38 bits per heavy atom. The summed E-state index contributed by atoms with van der Waals surface area (Å²) in [5, 5.41) is 15.3. The first-order valence-electron chi connectivity index (χ1n) is 8.39. The summed E-state index contributed by atoms with van der Waals surface area (Å²) >= 11 is 1.50. The molecule has 2 fully saturated rings. The largest absolute Gasteiger partial charge is 0.481 e. The Hall–Kier alpha value is -2.26. The van der Waals surface area contributed by atoms with Crippen LogP contribution in [0.3, 0.4) is 0 Å². The van der Waals surface area contributed by atoms with Gasteiger partial charge in [0.05, 0.1) is 29.9 Å². The number of carbonyl (C=O) groups is 2. The molecule has 1 aliphatic carbocycles. The molecular formula is C17H19N3O5S. The normalized spacial score (nSPS) is 27.3. The minimum absolute atomic E-state index is 0.188. The Bertz CT molecular complexity index is 831. The second kappa shape index (κ2) is 6.17. The van der Waals surface area contributed by atoms with Crippen LogP contribution in [0.2, 0.25) is 0 Å². The molecule has 1 aliphatic heterocycles. The third kappa shape index (κ3) is 2.71. The van der Waals surface area contributed by atoms with Crippen LogP contribution >= 0.6 is 11.3 Å². The van der Waals surface area contributed by atoms with Gasteiger partial charge in [0.25, 0.3) is 5.89 Å². The van der Waals surface area contributed by atoms with E-state index in [1.165, 1.54) is 11.3 Å². The van der Waals surface area contributed by atoms with Crippen LogP contribution in [0.25, 0.3) is 10.7 Å². The second-order valence-electron chi connectivity index (χ2n) is 7.17. The molecule has 138 valence electrons. The fourth-order valence-corrected chi connectivity index (χ4v) is 4.34. The van der Waals surface area contributed by atoms with Crippen molar-refractivity contribution in [1.29, 1.82) is 0 Å². The number of hydrogen-bond acceptors (Lipinski definition) is 7. The van der Waals surface area contributed by atoms with Gasteiger partial charge in [-0.2, -0.15) is 4.98 Å². The number of ether oxygens (including phenoxy) is 1. The highest BCUT2D eigenvalue weighted by Gasteiger charge is 2.67. The molecule has 8 nitrogen and oxygen atoms in total. The quantitative estimate of drug-likeness (QED) is 0.869. The maximum absolute atomic E-state index is 13.0. The van der Waals surface area contributed by atoms with Crippen LogP contribution in [0.1, 0.15) is 25.8 Å². The highest BCUT2D eigenvalue weighted by Crippen LogP contribution is 2.59. The predicted octanol–water partition coefficient (Wildman–Crippen LogP) is 2.05. The van der Waals surface area contributed by atoms with Crippen LogP contribution in [0.4, 0.5) is 0 Å². The van der Waals surface area contributed by atoms with Crippen molar-refractivity contribution in [3.8, 4) is 10.7 Å². The highest BCUT2D eigenvalue weighted by atomic mass is 32.1. The summed E-state index contributed by atoms with van der Waals surface area (Å²) < 4.78 is 10.9. The zero-order chi connectivity index (χ0) is 18.5. The molecule has 0 aromatic carbocycles. The van der Waals surface area contributed by atoms with Crippen LogP contribution in [-0.2, 0) is 14.3 Å². The molecule has 1 amide bonds. The van der Waals surface area contributed by atoms with E-state index in [4.69, 9.17) is 9.26 Å². The minimum atomic E-state index is -0.934. The molecule has 0 bridgehead atoms. The van der Waals surface area contributed by atoms with Gasteiger partial charge >= 0.3 is 5.97 Å². The maximum atomic E-state index is 13.0. The smallest absolute Gasteiger partial charge is 0.307 e. The molecule has 1 saturated carbocycles. The third-order valence-corrected chi connectivity index (χ3v) is 6.11. The number of rotatable bonds is 4. The van der Waals surface area contributed by atoms with E-state index in [0.29, 0.717) is 24.9 Å². The zero-order valence-corrected chi connectivity index (χ0v) is 15.2. The monoisotopic (exact) mass is 377 g/mol. The van der Waals surface area contributed by atoms with Crippen LogP contribution in [0, 0.1) is 17.3 Å². The summed E-state index contributed by atoms with van der Waals surface area (Å²) in [4.78, 5) is 31.4. The average Bonchev–Trinajstić information content (AvgIpc) is 3.06. The van der Waals surface area contributed by atoms with Crippen molar-refractivity contribution < 1.29 is 24.0 Å². The van der Waals surface area contributed by atoms with Crippen molar-refractivity contribution in [2.45, 2.75) is 19.9 Å². The highest BCUT2D eigenvalue weighted by molar-refractivity contribution is 7.13. The van der Waals surface area contributed by atoms with E-state index in [-0.39, 0.29) is 12.5 Å². The molecule has 26 heavy (non-hydrogen) atoms. The van der Waals surface area contributed by atoms with E-state index >= 15 is 0 Å². The molecular weight excluding hydrogens is 358 g/mol. The van der Waals surface area contributed by atoms with Gasteiger partial charge in [-0.05, 0) is 16.9 Å². The van der Waals surface area contributed by atoms with Crippen molar-refractivity contribution in [2.75, 3.05) is 19.8 Å². The molecule has 2 aromatic rings. The minimum Gasteiger partial charge on any atom is -0.481 e. The molecule has 0 radical (unpaired) electrons. The van der Waals surface area contributed by atoms with Gasteiger partial charge in [-0.25, -0.2) is 0 Å². The third-order valence-electron chi connectivity index (χ3n) is 5.24. The van der Waals surface area contributed by atoms with Gasteiger partial charge in [0.2, 0.25) is 11.7 Å². The molecule has 1 N–H and O–H groups in total. The molecule has 0 spiro atoms. The van der Waals surface area contributed by atoms with Gasteiger partial charge in [-0.1, -0.05) is 25.1 Å². The summed E-state index contributed by atoms with van der Waals surface area (Å²) in [5.74, 6) is -1.54. The van der Waals surface area contributed by atoms with Crippen LogP contribution in [0.5, 0.6) is 0 Å².